The fourth-order valence-corrected chi connectivity index (χ4v) is 8.53. The highest BCUT2D eigenvalue weighted by Gasteiger charge is 2.63. The van der Waals surface area contributed by atoms with Crippen LogP contribution >= 0.6 is 0 Å². The van der Waals surface area contributed by atoms with Gasteiger partial charge in [-0.1, -0.05) is 20.8 Å². The van der Waals surface area contributed by atoms with Crippen LogP contribution in [-0.4, -0.2) is 30.1 Å². The molecule has 4 fully saturated rings. The van der Waals surface area contributed by atoms with Crippen LogP contribution in [0.25, 0.3) is 0 Å². The van der Waals surface area contributed by atoms with Gasteiger partial charge in [0.2, 0.25) is 0 Å². The van der Waals surface area contributed by atoms with E-state index in [2.05, 4.69) is 20.8 Å². The number of ketones is 1. The summed E-state index contributed by atoms with van der Waals surface area (Å²) in [6, 6.07) is 0. The number of rotatable bonds is 4. The first-order valence-electron chi connectivity index (χ1n) is 12.0. The third-order valence-corrected chi connectivity index (χ3v) is 10.3. The highest BCUT2D eigenvalue weighted by Crippen LogP contribution is 2.67. The maximum absolute atomic E-state index is 13.7. The number of hydrogen-bond donors (Lipinski definition) is 1. The molecule has 164 valence electrons. The third-order valence-electron chi connectivity index (χ3n) is 10.3. The van der Waals surface area contributed by atoms with Crippen molar-refractivity contribution in [2.45, 2.75) is 91.1 Å². The largest absolute Gasteiger partial charge is 0.469 e. The lowest BCUT2D eigenvalue weighted by Crippen LogP contribution is -2.57. The summed E-state index contributed by atoms with van der Waals surface area (Å²) in [5.41, 5.74) is 0.0157. The molecular weight excluding hydrogens is 364 g/mol. The average molecular weight is 405 g/mol. The molecule has 4 aliphatic carbocycles. The van der Waals surface area contributed by atoms with Crippen LogP contribution in [0.5, 0.6) is 0 Å². The van der Waals surface area contributed by atoms with Gasteiger partial charge in [-0.25, -0.2) is 0 Å². The Morgan fingerprint density at radius 1 is 1.17 bits per heavy atom. The quantitative estimate of drug-likeness (QED) is 0.685. The molecule has 0 aromatic carbocycles. The van der Waals surface area contributed by atoms with E-state index in [1.165, 1.54) is 26.4 Å². The predicted molar refractivity (Wildman–Crippen MR) is 112 cm³/mol. The van der Waals surface area contributed by atoms with Gasteiger partial charge in [-0.2, -0.15) is 0 Å². The van der Waals surface area contributed by atoms with Crippen LogP contribution in [0.3, 0.4) is 0 Å². The first-order chi connectivity index (χ1) is 13.7. The summed E-state index contributed by atoms with van der Waals surface area (Å²) < 4.78 is 4.83. The van der Waals surface area contributed by atoms with Gasteiger partial charge >= 0.3 is 5.97 Å². The summed E-state index contributed by atoms with van der Waals surface area (Å²) in [5, 5.41) is 10.2. The number of hydrogen-bond acceptors (Lipinski definition) is 4. The Bertz CT molecular complexity index is 659. The lowest BCUT2D eigenvalue weighted by Gasteiger charge is -2.60. The van der Waals surface area contributed by atoms with Gasteiger partial charge in [0.25, 0.3) is 0 Å². The van der Waals surface area contributed by atoms with E-state index >= 15 is 0 Å². The number of aliphatic hydroxyl groups excluding tert-OH is 1. The fourth-order valence-electron chi connectivity index (χ4n) is 8.53. The van der Waals surface area contributed by atoms with Gasteiger partial charge in [-0.15, -0.1) is 0 Å². The molecule has 1 N–H and O–H groups in total. The Labute approximate surface area is 176 Å². The lowest BCUT2D eigenvalue weighted by molar-refractivity contribution is -0.160. The number of ether oxygens (including phenoxy) is 1. The number of carbonyl (C=O) groups is 2. The van der Waals surface area contributed by atoms with Gasteiger partial charge in [0.05, 0.1) is 13.2 Å². The molecule has 9 atom stereocenters. The number of esters is 1. The summed E-state index contributed by atoms with van der Waals surface area (Å²) in [6.45, 7) is 6.94. The van der Waals surface area contributed by atoms with Crippen LogP contribution in [0, 0.1) is 46.3 Å². The monoisotopic (exact) mass is 404 g/mol. The Hall–Kier alpha value is -0.900. The zero-order chi connectivity index (χ0) is 21.0. The lowest BCUT2D eigenvalue weighted by atomic mass is 9.44. The molecule has 0 amide bonds. The molecule has 0 bridgehead atoms. The number of Topliss-reactive ketones (excluding diaryl/α,β-unsaturated/α-hetero) is 1. The van der Waals surface area contributed by atoms with E-state index < -0.39 is 0 Å². The highest BCUT2D eigenvalue weighted by atomic mass is 16.5. The van der Waals surface area contributed by atoms with Crippen LogP contribution in [-0.2, 0) is 14.3 Å². The Kier molecular flexibility index (Phi) is 5.63. The second-order valence-electron chi connectivity index (χ2n) is 11.3. The van der Waals surface area contributed by atoms with Crippen LogP contribution < -0.4 is 0 Å². The van der Waals surface area contributed by atoms with Crippen molar-refractivity contribution in [2.75, 3.05) is 7.11 Å². The van der Waals surface area contributed by atoms with Crippen molar-refractivity contribution in [1.29, 1.82) is 0 Å². The minimum absolute atomic E-state index is 0.138. The molecule has 29 heavy (non-hydrogen) atoms. The Balaban J connectivity index is 1.54. The van der Waals surface area contributed by atoms with E-state index in [9.17, 15) is 14.7 Å². The first-order valence-corrected chi connectivity index (χ1v) is 12.0. The van der Waals surface area contributed by atoms with E-state index in [1.54, 1.807) is 0 Å². The summed E-state index contributed by atoms with van der Waals surface area (Å²) in [4.78, 5) is 25.3. The molecule has 4 heteroatoms. The first kappa shape index (κ1) is 21.3. The SMILES string of the molecule is COC(=O)CCC(C)C1CCC2C3CC[C@@H]4C[C@H](O)CCC4(C)C3CC(=O)C12C. The van der Waals surface area contributed by atoms with Crippen molar-refractivity contribution < 1.29 is 19.4 Å². The molecule has 4 rings (SSSR count). The molecule has 4 saturated carbocycles. The predicted octanol–water partition coefficient (Wildman–Crippen LogP) is 4.77. The zero-order valence-corrected chi connectivity index (χ0v) is 18.8. The second-order valence-corrected chi connectivity index (χ2v) is 11.3. The van der Waals surface area contributed by atoms with Crippen molar-refractivity contribution in [1.82, 2.24) is 0 Å². The summed E-state index contributed by atoms with van der Waals surface area (Å²) in [6.07, 6.45) is 9.53. The molecule has 0 radical (unpaired) electrons. The van der Waals surface area contributed by atoms with E-state index in [0.29, 0.717) is 47.7 Å². The molecule has 4 nitrogen and oxygen atoms in total. The van der Waals surface area contributed by atoms with E-state index in [4.69, 9.17) is 4.74 Å². The topological polar surface area (TPSA) is 63.6 Å². The molecule has 7 unspecified atom stereocenters. The molecule has 0 heterocycles. The van der Waals surface area contributed by atoms with Gasteiger partial charge in [-0.05, 0) is 92.3 Å². The number of carbonyl (C=O) groups excluding carboxylic acids is 2. The molecule has 0 saturated heterocycles. The number of aliphatic hydroxyl groups is 1. The van der Waals surface area contributed by atoms with E-state index in [0.717, 1.165) is 38.5 Å². The molecular formula is C25H40O4. The second kappa shape index (κ2) is 7.66. The minimum atomic E-state index is -0.214. The molecule has 0 aliphatic heterocycles. The van der Waals surface area contributed by atoms with Gasteiger partial charge < -0.3 is 9.84 Å². The van der Waals surface area contributed by atoms with Crippen LogP contribution in [0.2, 0.25) is 0 Å². The maximum atomic E-state index is 13.7. The minimum Gasteiger partial charge on any atom is -0.469 e. The van der Waals surface area contributed by atoms with Gasteiger partial charge in [-0.3, -0.25) is 9.59 Å². The van der Waals surface area contributed by atoms with Crippen LogP contribution in [0.15, 0.2) is 0 Å². The zero-order valence-electron chi connectivity index (χ0n) is 18.8. The average Bonchev–Trinajstić information content (AvgIpc) is 3.06. The Morgan fingerprint density at radius 2 is 1.93 bits per heavy atom. The van der Waals surface area contributed by atoms with Gasteiger partial charge in [0.15, 0.2) is 0 Å². The summed E-state index contributed by atoms with van der Waals surface area (Å²) in [5.74, 6) is 3.37. The highest BCUT2D eigenvalue weighted by molar-refractivity contribution is 5.87. The van der Waals surface area contributed by atoms with E-state index in [-0.39, 0.29) is 22.9 Å². The molecule has 0 aromatic rings. The smallest absolute Gasteiger partial charge is 0.305 e. The molecule has 0 aromatic heterocycles. The number of methoxy groups -OCH3 is 1. The Morgan fingerprint density at radius 3 is 2.66 bits per heavy atom. The summed E-state index contributed by atoms with van der Waals surface area (Å²) in [7, 11) is 1.45. The normalized spacial score (nSPS) is 47.7. The van der Waals surface area contributed by atoms with Crippen LogP contribution in [0.4, 0.5) is 0 Å². The number of fused-ring (bicyclic) bond motifs is 5. The maximum Gasteiger partial charge on any atom is 0.305 e. The summed E-state index contributed by atoms with van der Waals surface area (Å²) >= 11 is 0. The van der Waals surface area contributed by atoms with Crippen molar-refractivity contribution >= 4 is 11.8 Å². The van der Waals surface area contributed by atoms with Gasteiger partial charge in [0.1, 0.15) is 5.78 Å². The van der Waals surface area contributed by atoms with Crippen molar-refractivity contribution in [3.63, 3.8) is 0 Å². The van der Waals surface area contributed by atoms with Crippen LogP contribution in [0.1, 0.15) is 85.0 Å². The standard InChI is InChI=1S/C25H40O4/c1-15(5-10-23(28)29-4)19-8-9-20-18-7-6-16-13-17(26)11-12-24(16,2)21(18)14-22(27)25(19,20)3/h15-21,26H,5-14H2,1-4H3/t15?,16-,17-,18?,19?,20?,21?,24?,25?/m1/s1. The third kappa shape index (κ3) is 3.28. The van der Waals surface area contributed by atoms with Crippen molar-refractivity contribution in [3.8, 4) is 0 Å². The molecule has 4 aliphatic rings. The van der Waals surface area contributed by atoms with Crippen molar-refractivity contribution in [3.05, 3.63) is 0 Å². The fraction of sp³-hybridized carbons (Fsp3) is 0.920. The molecule has 0 spiro atoms. The van der Waals surface area contributed by atoms with E-state index in [1.807, 2.05) is 0 Å². The van der Waals surface area contributed by atoms with Gasteiger partial charge in [0, 0.05) is 18.3 Å². The van der Waals surface area contributed by atoms with Crippen molar-refractivity contribution in [2.24, 2.45) is 46.3 Å².